The van der Waals surface area contributed by atoms with Crippen molar-refractivity contribution in [2.75, 3.05) is 11.1 Å². The van der Waals surface area contributed by atoms with Gasteiger partial charge in [-0.1, -0.05) is 29.1 Å². The zero-order chi connectivity index (χ0) is 24.9. The van der Waals surface area contributed by atoms with Crippen LogP contribution in [0, 0.1) is 17.0 Å². The number of rotatable bonds is 9. The highest BCUT2D eigenvalue weighted by Crippen LogP contribution is 2.32. The fourth-order valence-corrected chi connectivity index (χ4v) is 3.97. The molecule has 0 aliphatic heterocycles. The quantitative estimate of drug-likeness (QED) is 0.191. The van der Waals surface area contributed by atoms with Gasteiger partial charge in [0.15, 0.2) is 11.0 Å². The number of halogens is 2. The molecular weight excluding hydrogens is 484 g/mol. The minimum Gasteiger partial charge on any atom is -0.435 e. The van der Waals surface area contributed by atoms with Crippen LogP contribution < -0.4 is 10.1 Å². The molecular formula is C22H17F2N5O5S. The Balaban J connectivity index is 1.65. The summed E-state index contributed by atoms with van der Waals surface area (Å²) in [5, 5.41) is 18.0. The van der Waals surface area contributed by atoms with Gasteiger partial charge in [-0.3, -0.25) is 19.5 Å². The van der Waals surface area contributed by atoms with Gasteiger partial charge in [-0.25, -0.2) is 4.98 Å². The maximum absolute atomic E-state index is 12.5. The molecule has 0 spiro atoms. The second kappa shape index (κ2) is 10.3. The van der Waals surface area contributed by atoms with Crippen LogP contribution in [-0.4, -0.2) is 37.9 Å². The van der Waals surface area contributed by atoms with Crippen molar-refractivity contribution >= 4 is 29.2 Å². The third-order valence-corrected chi connectivity index (χ3v) is 5.58. The molecule has 13 heteroatoms. The predicted molar refractivity (Wildman–Crippen MR) is 123 cm³/mol. The Morgan fingerprint density at radius 2 is 2.03 bits per heavy atom. The van der Waals surface area contributed by atoms with Crippen LogP contribution in [0.4, 0.5) is 20.3 Å². The SMILES string of the molecule is Cc1cc(NC(=O)CSc2ncc(-c3cccc([N+](=O)[O-])c3)n2-c2ccc(OC(F)F)cc2)no1. The van der Waals surface area contributed by atoms with E-state index in [0.29, 0.717) is 27.9 Å². The summed E-state index contributed by atoms with van der Waals surface area (Å²) in [5.74, 6) is 0.421. The van der Waals surface area contributed by atoms with Gasteiger partial charge in [-0.05, 0) is 31.2 Å². The number of carbonyl (C=O) groups is 1. The average molecular weight is 501 g/mol. The van der Waals surface area contributed by atoms with Crippen LogP contribution in [0.5, 0.6) is 5.75 Å². The molecule has 4 rings (SSSR count). The van der Waals surface area contributed by atoms with Gasteiger partial charge in [0.25, 0.3) is 5.69 Å². The van der Waals surface area contributed by atoms with Crippen molar-refractivity contribution in [3.63, 3.8) is 0 Å². The number of carbonyl (C=O) groups excluding carboxylic acids is 1. The largest absolute Gasteiger partial charge is 0.435 e. The molecule has 4 aromatic rings. The minimum atomic E-state index is -2.97. The van der Waals surface area contributed by atoms with Crippen molar-refractivity contribution in [3.05, 3.63) is 76.7 Å². The number of nitro groups is 1. The number of anilines is 1. The van der Waals surface area contributed by atoms with Crippen LogP contribution in [-0.2, 0) is 4.79 Å². The van der Waals surface area contributed by atoms with Crippen LogP contribution in [0.2, 0.25) is 0 Å². The molecule has 1 N–H and O–H groups in total. The van der Waals surface area contributed by atoms with E-state index in [1.165, 1.54) is 30.5 Å². The molecule has 0 atom stereocenters. The molecule has 1 amide bonds. The highest BCUT2D eigenvalue weighted by atomic mass is 32.2. The van der Waals surface area contributed by atoms with Crippen LogP contribution in [0.1, 0.15) is 5.76 Å². The highest BCUT2D eigenvalue weighted by molar-refractivity contribution is 7.99. The molecule has 0 fully saturated rings. The average Bonchev–Trinajstić information content (AvgIpc) is 3.44. The number of nitrogens with one attached hydrogen (secondary N) is 1. The van der Waals surface area contributed by atoms with Crippen molar-refractivity contribution in [2.24, 2.45) is 0 Å². The lowest BCUT2D eigenvalue weighted by atomic mass is 10.1. The van der Waals surface area contributed by atoms with E-state index in [-0.39, 0.29) is 28.9 Å². The molecule has 0 saturated heterocycles. The van der Waals surface area contributed by atoms with E-state index in [1.807, 2.05) is 0 Å². The van der Waals surface area contributed by atoms with Crippen LogP contribution in [0.3, 0.4) is 0 Å². The molecule has 0 radical (unpaired) electrons. The number of aryl methyl sites for hydroxylation is 1. The van der Waals surface area contributed by atoms with E-state index >= 15 is 0 Å². The molecule has 0 bridgehead atoms. The van der Waals surface area contributed by atoms with Gasteiger partial charge < -0.3 is 14.6 Å². The smallest absolute Gasteiger partial charge is 0.387 e. The summed E-state index contributed by atoms with van der Waals surface area (Å²) in [6, 6.07) is 13.4. The van der Waals surface area contributed by atoms with E-state index < -0.39 is 11.5 Å². The van der Waals surface area contributed by atoms with Crippen LogP contribution >= 0.6 is 11.8 Å². The molecule has 0 unspecified atom stereocenters. The number of imidazole rings is 1. The zero-order valence-electron chi connectivity index (χ0n) is 18.1. The number of nitro benzene ring substituents is 1. The molecule has 0 aliphatic carbocycles. The molecule has 0 saturated carbocycles. The summed E-state index contributed by atoms with van der Waals surface area (Å²) < 4.78 is 36.1. The lowest BCUT2D eigenvalue weighted by molar-refractivity contribution is -0.384. The summed E-state index contributed by atoms with van der Waals surface area (Å²) in [6.07, 6.45) is 1.52. The first-order valence-corrected chi connectivity index (χ1v) is 11.0. The Morgan fingerprint density at radius 3 is 2.69 bits per heavy atom. The normalized spacial score (nSPS) is 11.0. The van der Waals surface area contributed by atoms with E-state index in [9.17, 15) is 23.7 Å². The van der Waals surface area contributed by atoms with E-state index in [4.69, 9.17) is 4.52 Å². The number of nitrogens with zero attached hydrogens (tertiary/aromatic N) is 4. The van der Waals surface area contributed by atoms with Gasteiger partial charge >= 0.3 is 6.61 Å². The van der Waals surface area contributed by atoms with Gasteiger partial charge in [-0.2, -0.15) is 8.78 Å². The fourth-order valence-electron chi connectivity index (χ4n) is 3.18. The summed E-state index contributed by atoms with van der Waals surface area (Å²) in [5.41, 5.74) is 1.44. The highest BCUT2D eigenvalue weighted by Gasteiger charge is 2.18. The first kappa shape index (κ1) is 23.9. The first-order chi connectivity index (χ1) is 16.8. The third kappa shape index (κ3) is 5.81. The van der Waals surface area contributed by atoms with Crippen molar-refractivity contribution in [2.45, 2.75) is 18.7 Å². The molecule has 0 aliphatic rings. The van der Waals surface area contributed by atoms with Crippen molar-refractivity contribution in [1.29, 1.82) is 0 Å². The molecule has 35 heavy (non-hydrogen) atoms. The molecule has 10 nitrogen and oxygen atoms in total. The monoisotopic (exact) mass is 501 g/mol. The summed E-state index contributed by atoms with van der Waals surface area (Å²) in [4.78, 5) is 27.5. The Bertz CT molecular complexity index is 1360. The lowest BCUT2D eigenvalue weighted by Gasteiger charge is -2.13. The number of thioether (sulfide) groups is 1. The Morgan fingerprint density at radius 1 is 1.26 bits per heavy atom. The number of hydrogen-bond donors (Lipinski definition) is 1. The van der Waals surface area contributed by atoms with Crippen LogP contribution in [0.25, 0.3) is 16.9 Å². The van der Waals surface area contributed by atoms with Crippen LogP contribution in [0.15, 0.2) is 70.5 Å². The van der Waals surface area contributed by atoms with E-state index in [1.54, 1.807) is 41.8 Å². The fraction of sp³-hybridized carbons (Fsp3) is 0.136. The Labute approximate surface area is 201 Å². The zero-order valence-corrected chi connectivity index (χ0v) is 18.9. The maximum Gasteiger partial charge on any atom is 0.387 e. The number of non-ortho nitro benzene ring substituents is 1. The third-order valence-electron chi connectivity index (χ3n) is 4.63. The van der Waals surface area contributed by atoms with Gasteiger partial charge in [0.2, 0.25) is 5.91 Å². The van der Waals surface area contributed by atoms with E-state index in [2.05, 4.69) is 20.2 Å². The number of ether oxygens (including phenoxy) is 1. The second-order valence-electron chi connectivity index (χ2n) is 7.10. The summed E-state index contributed by atoms with van der Waals surface area (Å²) in [6.45, 7) is -1.27. The van der Waals surface area contributed by atoms with Crippen molar-refractivity contribution in [1.82, 2.24) is 14.7 Å². The van der Waals surface area contributed by atoms with E-state index in [0.717, 1.165) is 11.8 Å². The van der Waals surface area contributed by atoms with Crippen molar-refractivity contribution < 1.29 is 27.8 Å². The lowest BCUT2D eigenvalue weighted by Crippen LogP contribution is -2.14. The number of benzene rings is 2. The van der Waals surface area contributed by atoms with Crippen molar-refractivity contribution in [3.8, 4) is 22.7 Å². The van der Waals surface area contributed by atoms with Gasteiger partial charge in [0, 0.05) is 29.4 Å². The van der Waals surface area contributed by atoms with Gasteiger partial charge in [0.1, 0.15) is 11.5 Å². The standard InChI is InChI=1S/C22H17F2N5O5S/c1-13-9-19(27-34-13)26-20(30)12-35-22-25-11-18(14-3-2-4-16(10-14)29(31)32)28(22)15-5-7-17(8-6-15)33-21(23)24/h2-11,21H,12H2,1H3,(H,26,27,30). The number of hydrogen-bond acceptors (Lipinski definition) is 8. The number of alkyl halides is 2. The Hall–Kier alpha value is -4.26. The minimum absolute atomic E-state index is 0.0239. The number of aromatic nitrogens is 3. The maximum atomic E-state index is 12.5. The van der Waals surface area contributed by atoms with Gasteiger partial charge in [-0.15, -0.1) is 0 Å². The molecule has 2 aromatic carbocycles. The van der Waals surface area contributed by atoms with Gasteiger partial charge in [0.05, 0.1) is 22.6 Å². The topological polar surface area (TPSA) is 125 Å². The summed E-state index contributed by atoms with van der Waals surface area (Å²) >= 11 is 1.11. The molecule has 2 heterocycles. The predicted octanol–water partition coefficient (Wildman–Crippen LogP) is 5.08. The number of amides is 1. The Kier molecular flexibility index (Phi) is 7.06. The second-order valence-corrected chi connectivity index (χ2v) is 8.04. The first-order valence-electron chi connectivity index (χ1n) is 10.0. The summed E-state index contributed by atoms with van der Waals surface area (Å²) in [7, 11) is 0. The molecule has 180 valence electrons. The molecule has 2 aromatic heterocycles.